The highest BCUT2D eigenvalue weighted by molar-refractivity contribution is 8.26. The Morgan fingerprint density at radius 1 is 1.18 bits per heavy atom. The topological polar surface area (TPSA) is 47.4 Å². The summed E-state index contributed by atoms with van der Waals surface area (Å²) in [4.78, 5) is 15.0. The van der Waals surface area contributed by atoms with Crippen molar-refractivity contribution in [3.05, 3.63) is 70.8 Å². The van der Waals surface area contributed by atoms with Gasteiger partial charge in [0.1, 0.15) is 15.8 Å². The zero-order valence-electron chi connectivity index (χ0n) is 19.2. The summed E-state index contributed by atoms with van der Waals surface area (Å²) in [6.45, 7) is 9.47. The second kappa shape index (κ2) is 9.93. The minimum atomic E-state index is -0.0560. The number of hydrogen-bond acceptors (Lipinski definition) is 5. The largest absolute Gasteiger partial charge is 0.493 e. The summed E-state index contributed by atoms with van der Waals surface area (Å²) in [5.41, 5.74) is 4.64. The Morgan fingerprint density at radius 3 is 2.58 bits per heavy atom. The quantitative estimate of drug-likeness (QED) is 0.304. The van der Waals surface area contributed by atoms with Crippen molar-refractivity contribution in [1.29, 1.82) is 0 Å². The van der Waals surface area contributed by atoms with Crippen LogP contribution in [0.3, 0.4) is 0 Å². The van der Waals surface area contributed by atoms with Crippen molar-refractivity contribution < 1.29 is 9.53 Å². The molecule has 1 aromatic heterocycles. The van der Waals surface area contributed by atoms with Gasteiger partial charge in [-0.15, -0.1) is 0 Å². The standard InChI is InChI=1S/C26H27N3O2S2/c1-5-28-25(30)23(33-26(28)32)14-20-15-29(21-9-7-6-8-10-21)27-24(20)19-11-12-22(18(4)13-19)31-16-17(2)3/h6-15,17H,5,16H2,1-4H3. The van der Waals surface area contributed by atoms with E-state index in [0.717, 1.165) is 33.8 Å². The fourth-order valence-electron chi connectivity index (χ4n) is 3.56. The molecule has 1 amide bonds. The summed E-state index contributed by atoms with van der Waals surface area (Å²) in [5.74, 6) is 1.28. The van der Waals surface area contributed by atoms with E-state index in [-0.39, 0.29) is 5.91 Å². The van der Waals surface area contributed by atoms with Crippen LogP contribution in [0.4, 0.5) is 0 Å². The van der Waals surface area contributed by atoms with E-state index >= 15 is 0 Å². The molecule has 1 fully saturated rings. The van der Waals surface area contributed by atoms with Crippen LogP contribution in [-0.2, 0) is 4.79 Å². The summed E-state index contributed by atoms with van der Waals surface area (Å²) in [6, 6.07) is 16.0. The van der Waals surface area contributed by atoms with Crippen LogP contribution >= 0.6 is 24.0 Å². The molecule has 0 spiro atoms. The average molecular weight is 478 g/mol. The number of thioether (sulfide) groups is 1. The van der Waals surface area contributed by atoms with E-state index in [2.05, 4.69) is 19.9 Å². The lowest BCUT2D eigenvalue weighted by Gasteiger charge is -2.12. The molecule has 4 rings (SSSR count). The number of likely N-dealkylation sites (N-methyl/N-ethyl adjacent to an activating group) is 1. The summed E-state index contributed by atoms with van der Waals surface area (Å²) in [7, 11) is 0. The van der Waals surface area contributed by atoms with Gasteiger partial charge in [-0.3, -0.25) is 9.69 Å². The Morgan fingerprint density at radius 2 is 1.94 bits per heavy atom. The van der Waals surface area contributed by atoms with Crippen LogP contribution in [0.25, 0.3) is 23.0 Å². The van der Waals surface area contributed by atoms with E-state index in [1.807, 2.05) is 73.3 Å². The fourth-order valence-corrected chi connectivity index (χ4v) is 4.93. The van der Waals surface area contributed by atoms with Crippen molar-refractivity contribution in [3.63, 3.8) is 0 Å². The maximum absolute atomic E-state index is 12.8. The molecule has 2 heterocycles. The van der Waals surface area contributed by atoms with Crippen LogP contribution in [0.1, 0.15) is 31.9 Å². The molecule has 5 nitrogen and oxygen atoms in total. The number of carbonyl (C=O) groups is 1. The fraction of sp³-hybridized carbons (Fsp3) is 0.269. The normalized spacial score (nSPS) is 15.2. The number of para-hydroxylation sites is 1. The molecule has 1 aliphatic heterocycles. The minimum absolute atomic E-state index is 0.0560. The number of carbonyl (C=O) groups excluding carboxylic acids is 1. The first kappa shape index (κ1) is 23.3. The first-order valence-electron chi connectivity index (χ1n) is 11.0. The predicted molar refractivity (Wildman–Crippen MR) is 140 cm³/mol. The van der Waals surface area contributed by atoms with E-state index in [9.17, 15) is 4.79 Å². The van der Waals surface area contributed by atoms with Gasteiger partial charge >= 0.3 is 0 Å². The van der Waals surface area contributed by atoms with Gasteiger partial charge in [-0.1, -0.05) is 56.0 Å². The Bertz CT molecular complexity index is 1220. The number of amides is 1. The molecule has 170 valence electrons. The highest BCUT2D eigenvalue weighted by Gasteiger charge is 2.31. The molecule has 0 aliphatic carbocycles. The summed E-state index contributed by atoms with van der Waals surface area (Å²) in [5, 5.41) is 4.89. The highest BCUT2D eigenvalue weighted by atomic mass is 32.2. The zero-order valence-corrected chi connectivity index (χ0v) is 20.9. The average Bonchev–Trinajstić information content (AvgIpc) is 3.33. The molecular formula is C26H27N3O2S2. The van der Waals surface area contributed by atoms with Gasteiger partial charge in [-0.05, 0) is 61.7 Å². The third kappa shape index (κ3) is 5.04. The Kier molecular flexibility index (Phi) is 7.00. The molecule has 0 atom stereocenters. The molecule has 0 saturated carbocycles. The molecule has 2 aromatic carbocycles. The van der Waals surface area contributed by atoms with Crippen molar-refractivity contribution in [2.24, 2.45) is 5.92 Å². The number of benzene rings is 2. The molecule has 0 bridgehead atoms. The van der Waals surface area contributed by atoms with Crippen LogP contribution in [-0.4, -0.2) is 38.1 Å². The molecule has 0 N–H and O–H groups in total. The second-order valence-corrected chi connectivity index (χ2v) is 10.0. The van der Waals surface area contributed by atoms with E-state index in [4.69, 9.17) is 22.1 Å². The van der Waals surface area contributed by atoms with Gasteiger partial charge in [0.05, 0.1) is 17.2 Å². The van der Waals surface area contributed by atoms with Gasteiger partial charge in [0.25, 0.3) is 5.91 Å². The molecule has 0 unspecified atom stereocenters. The molecule has 3 aromatic rings. The van der Waals surface area contributed by atoms with Gasteiger partial charge in [0, 0.05) is 23.9 Å². The number of nitrogens with zero attached hydrogens (tertiary/aromatic N) is 3. The predicted octanol–water partition coefficient (Wildman–Crippen LogP) is 6.10. The van der Waals surface area contributed by atoms with E-state index in [1.54, 1.807) is 4.90 Å². The Hall–Kier alpha value is -2.90. The van der Waals surface area contributed by atoms with Crippen molar-refractivity contribution in [2.75, 3.05) is 13.2 Å². The molecule has 1 aliphatic rings. The summed E-state index contributed by atoms with van der Waals surface area (Å²) >= 11 is 6.72. The van der Waals surface area contributed by atoms with Crippen LogP contribution in [0.15, 0.2) is 59.6 Å². The van der Waals surface area contributed by atoms with Crippen molar-refractivity contribution in [3.8, 4) is 22.7 Å². The number of aryl methyl sites for hydroxylation is 1. The van der Waals surface area contributed by atoms with Gasteiger partial charge < -0.3 is 4.74 Å². The van der Waals surface area contributed by atoms with Crippen LogP contribution in [0.5, 0.6) is 5.75 Å². The zero-order chi connectivity index (χ0) is 23.5. The van der Waals surface area contributed by atoms with E-state index < -0.39 is 0 Å². The second-order valence-electron chi connectivity index (χ2n) is 8.32. The number of thiocarbonyl (C=S) groups is 1. The molecule has 0 radical (unpaired) electrons. The number of ether oxygens (including phenoxy) is 1. The lowest BCUT2D eigenvalue weighted by atomic mass is 10.0. The monoisotopic (exact) mass is 477 g/mol. The molecule has 33 heavy (non-hydrogen) atoms. The van der Waals surface area contributed by atoms with Crippen molar-refractivity contribution in [1.82, 2.24) is 14.7 Å². The summed E-state index contributed by atoms with van der Waals surface area (Å²) in [6.07, 6.45) is 3.86. The van der Waals surface area contributed by atoms with E-state index in [1.165, 1.54) is 11.8 Å². The minimum Gasteiger partial charge on any atom is -0.493 e. The maximum Gasteiger partial charge on any atom is 0.266 e. The SMILES string of the molecule is CCN1C(=O)C(=Cc2cn(-c3ccccc3)nc2-c2ccc(OCC(C)C)c(C)c2)SC1=S. The number of rotatable bonds is 7. The van der Waals surface area contributed by atoms with Gasteiger partial charge in [0.15, 0.2) is 0 Å². The van der Waals surface area contributed by atoms with Gasteiger partial charge in [-0.2, -0.15) is 5.10 Å². The lowest BCUT2D eigenvalue weighted by molar-refractivity contribution is -0.121. The number of aromatic nitrogens is 2. The molecular weight excluding hydrogens is 450 g/mol. The summed E-state index contributed by atoms with van der Waals surface area (Å²) < 4.78 is 8.38. The molecule has 7 heteroatoms. The number of hydrogen-bond donors (Lipinski definition) is 0. The van der Waals surface area contributed by atoms with Crippen LogP contribution < -0.4 is 4.74 Å². The Labute approximate surface area is 204 Å². The van der Waals surface area contributed by atoms with Gasteiger partial charge in [-0.25, -0.2) is 4.68 Å². The van der Waals surface area contributed by atoms with Crippen molar-refractivity contribution in [2.45, 2.75) is 27.7 Å². The maximum atomic E-state index is 12.8. The lowest BCUT2D eigenvalue weighted by Crippen LogP contribution is -2.27. The first-order valence-corrected chi connectivity index (χ1v) is 12.2. The Balaban J connectivity index is 1.77. The third-order valence-electron chi connectivity index (χ3n) is 5.26. The molecule has 1 saturated heterocycles. The van der Waals surface area contributed by atoms with Crippen LogP contribution in [0, 0.1) is 12.8 Å². The van der Waals surface area contributed by atoms with Crippen LogP contribution in [0.2, 0.25) is 0 Å². The third-order valence-corrected chi connectivity index (χ3v) is 6.64. The first-order chi connectivity index (χ1) is 15.9. The van der Waals surface area contributed by atoms with E-state index in [0.29, 0.717) is 28.3 Å². The van der Waals surface area contributed by atoms with Crippen molar-refractivity contribution >= 4 is 40.3 Å². The highest BCUT2D eigenvalue weighted by Crippen LogP contribution is 2.35. The smallest absolute Gasteiger partial charge is 0.266 e. The van der Waals surface area contributed by atoms with Gasteiger partial charge in [0.2, 0.25) is 0 Å².